The molecular weight excluding hydrogens is 255 g/mol. The van der Waals surface area contributed by atoms with Crippen LogP contribution in [0.25, 0.3) is 0 Å². The topological polar surface area (TPSA) is 45.1 Å². The van der Waals surface area contributed by atoms with Gasteiger partial charge in [0.25, 0.3) is 0 Å². The third-order valence-electron chi connectivity index (χ3n) is 1.37. The van der Waals surface area contributed by atoms with E-state index in [2.05, 4.69) is 26.2 Å². The molecule has 13 heavy (non-hydrogen) atoms. The van der Waals surface area contributed by atoms with E-state index < -0.39 is 6.10 Å². The van der Waals surface area contributed by atoms with Gasteiger partial charge in [0.1, 0.15) is 5.82 Å². The van der Waals surface area contributed by atoms with Gasteiger partial charge in [-0.1, -0.05) is 11.6 Å². The summed E-state index contributed by atoms with van der Waals surface area (Å²) < 4.78 is 0.792. The summed E-state index contributed by atoms with van der Waals surface area (Å²) in [6.45, 7) is 2.17. The SMILES string of the molecule is C[C@H](O)CNc1ncc(Cl)cc1Br. The molecule has 1 heterocycles. The quantitative estimate of drug-likeness (QED) is 0.881. The van der Waals surface area contributed by atoms with Crippen LogP contribution in [0.3, 0.4) is 0 Å². The van der Waals surface area contributed by atoms with Crippen LogP contribution >= 0.6 is 27.5 Å². The van der Waals surface area contributed by atoms with Gasteiger partial charge in [-0.2, -0.15) is 0 Å². The van der Waals surface area contributed by atoms with Gasteiger partial charge < -0.3 is 10.4 Å². The molecule has 0 aromatic carbocycles. The van der Waals surface area contributed by atoms with Crippen LogP contribution in [0, 0.1) is 0 Å². The van der Waals surface area contributed by atoms with Crippen molar-refractivity contribution in [3.8, 4) is 0 Å². The van der Waals surface area contributed by atoms with Crippen LogP contribution in [-0.4, -0.2) is 22.7 Å². The minimum atomic E-state index is -0.399. The van der Waals surface area contributed by atoms with Crippen LogP contribution in [0.2, 0.25) is 5.02 Å². The van der Waals surface area contributed by atoms with E-state index in [1.165, 1.54) is 0 Å². The predicted molar refractivity (Wildman–Crippen MR) is 57.1 cm³/mol. The molecule has 0 aliphatic carbocycles. The summed E-state index contributed by atoms with van der Waals surface area (Å²) in [6.07, 6.45) is 1.15. The smallest absolute Gasteiger partial charge is 0.140 e. The van der Waals surface area contributed by atoms with Crippen molar-refractivity contribution in [3.05, 3.63) is 21.8 Å². The molecule has 0 radical (unpaired) electrons. The number of nitrogens with one attached hydrogen (secondary N) is 1. The average Bonchev–Trinajstić information content (AvgIpc) is 2.02. The third-order valence-corrected chi connectivity index (χ3v) is 2.18. The van der Waals surface area contributed by atoms with E-state index in [1.807, 2.05) is 0 Å². The van der Waals surface area contributed by atoms with E-state index in [9.17, 15) is 0 Å². The number of pyridine rings is 1. The maximum atomic E-state index is 9.03. The number of halogens is 2. The van der Waals surface area contributed by atoms with Gasteiger partial charge in [0.15, 0.2) is 0 Å². The first-order chi connectivity index (χ1) is 6.09. The first-order valence-electron chi connectivity index (χ1n) is 3.82. The molecule has 1 atom stereocenters. The molecule has 5 heteroatoms. The van der Waals surface area contributed by atoms with Gasteiger partial charge in [0.2, 0.25) is 0 Å². The Morgan fingerprint density at radius 2 is 2.46 bits per heavy atom. The highest BCUT2D eigenvalue weighted by Gasteiger charge is 2.02. The van der Waals surface area contributed by atoms with E-state index in [0.29, 0.717) is 17.4 Å². The molecule has 0 spiro atoms. The molecule has 1 rings (SSSR count). The maximum Gasteiger partial charge on any atom is 0.140 e. The summed E-state index contributed by atoms with van der Waals surface area (Å²) >= 11 is 9.02. The summed E-state index contributed by atoms with van der Waals surface area (Å²) in [5.74, 6) is 0.685. The molecule has 1 aromatic heterocycles. The fraction of sp³-hybridized carbons (Fsp3) is 0.375. The van der Waals surface area contributed by atoms with Gasteiger partial charge >= 0.3 is 0 Å². The first-order valence-corrected chi connectivity index (χ1v) is 4.99. The second kappa shape index (κ2) is 4.79. The predicted octanol–water partition coefficient (Wildman–Crippen LogP) is 2.29. The number of nitrogens with zero attached hydrogens (tertiary/aromatic N) is 1. The maximum absolute atomic E-state index is 9.03. The number of aliphatic hydroxyl groups excluding tert-OH is 1. The van der Waals surface area contributed by atoms with Crippen molar-refractivity contribution in [1.29, 1.82) is 0 Å². The van der Waals surface area contributed by atoms with E-state index in [0.717, 1.165) is 4.47 Å². The van der Waals surface area contributed by atoms with Crippen LogP contribution < -0.4 is 5.32 Å². The molecule has 0 aliphatic heterocycles. The van der Waals surface area contributed by atoms with Crippen LogP contribution in [-0.2, 0) is 0 Å². The summed E-state index contributed by atoms with van der Waals surface area (Å²) in [5, 5.41) is 12.6. The third kappa shape index (κ3) is 3.50. The minimum absolute atomic E-state index is 0.399. The zero-order chi connectivity index (χ0) is 9.84. The largest absolute Gasteiger partial charge is 0.392 e. The standard InChI is InChI=1S/C8H10BrClN2O/c1-5(13)3-11-8-7(9)2-6(10)4-12-8/h2,4-5,13H,3H2,1H3,(H,11,12)/t5-/m0/s1. The summed E-state index contributed by atoms with van der Waals surface area (Å²) in [4.78, 5) is 4.05. The van der Waals surface area contributed by atoms with Crippen LogP contribution in [0.5, 0.6) is 0 Å². The van der Waals surface area contributed by atoms with Crippen molar-refractivity contribution in [2.75, 3.05) is 11.9 Å². The second-order valence-corrected chi connectivity index (χ2v) is 4.00. The van der Waals surface area contributed by atoms with Crippen LogP contribution in [0.4, 0.5) is 5.82 Å². The van der Waals surface area contributed by atoms with E-state index in [1.54, 1.807) is 19.2 Å². The molecule has 72 valence electrons. The Morgan fingerprint density at radius 1 is 1.77 bits per heavy atom. The lowest BCUT2D eigenvalue weighted by Gasteiger charge is -2.08. The van der Waals surface area contributed by atoms with Crippen molar-refractivity contribution in [1.82, 2.24) is 4.98 Å². The summed E-state index contributed by atoms with van der Waals surface area (Å²) in [7, 11) is 0. The van der Waals surface area contributed by atoms with Gasteiger partial charge in [0, 0.05) is 12.7 Å². The molecule has 2 N–H and O–H groups in total. The molecule has 0 aliphatic rings. The summed E-state index contributed by atoms with van der Waals surface area (Å²) in [5.41, 5.74) is 0. The normalized spacial score (nSPS) is 12.6. The minimum Gasteiger partial charge on any atom is -0.392 e. The van der Waals surface area contributed by atoms with Crippen molar-refractivity contribution in [2.24, 2.45) is 0 Å². The highest BCUT2D eigenvalue weighted by atomic mass is 79.9. The van der Waals surface area contributed by atoms with Crippen molar-refractivity contribution in [3.63, 3.8) is 0 Å². The number of hydrogen-bond donors (Lipinski definition) is 2. The Hall–Kier alpha value is -0.320. The van der Waals surface area contributed by atoms with E-state index in [-0.39, 0.29) is 0 Å². The zero-order valence-corrected chi connectivity index (χ0v) is 9.43. The average molecular weight is 266 g/mol. The van der Waals surface area contributed by atoms with Gasteiger partial charge in [-0.05, 0) is 28.9 Å². The molecule has 0 bridgehead atoms. The summed E-state index contributed by atoms with van der Waals surface area (Å²) in [6, 6.07) is 1.75. The second-order valence-electron chi connectivity index (χ2n) is 2.71. The lowest BCUT2D eigenvalue weighted by molar-refractivity contribution is 0.208. The number of rotatable bonds is 3. The monoisotopic (exact) mass is 264 g/mol. The Balaban J connectivity index is 2.67. The van der Waals surface area contributed by atoms with Crippen molar-refractivity contribution >= 4 is 33.3 Å². The lowest BCUT2D eigenvalue weighted by atomic mass is 10.4. The molecule has 0 unspecified atom stereocenters. The van der Waals surface area contributed by atoms with Gasteiger partial charge in [-0.25, -0.2) is 4.98 Å². The number of aromatic nitrogens is 1. The highest BCUT2D eigenvalue weighted by molar-refractivity contribution is 9.10. The van der Waals surface area contributed by atoms with Crippen LogP contribution in [0.1, 0.15) is 6.92 Å². The van der Waals surface area contributed by atoms with E-state index >= 15 is 0 Å². The van der Waals surface area contributed by atoms with Gasteiger partial charge in [0.05, 0.1) is 15.6 Å². The molecule has 0 fully saturated rings. The molecule has 3 nitrogen and oxygen atoms in total. The van der Waals surface area contributed by atoms with Crippen LogP contribution in [0.15, 0.2) is 16.7 Å². The van der Waals surface area contributed by atoms with Gasteiger partial charge in [-0.15, -0.1) is 0 Å². The highest BCUT2D eigenvalue weighted by Crippen LogP contribution is 2.22. The van der Waals surface area contributed by atoms with Gasteiger partial charge in [-0.3, -0.25) is 0 Å². The Kier molecular flexibility index (Phi) is 3.96. The molecule has 0 amide bonds. The number of hydrogen-bond acceptors (Lipinski definition) is 3. The zero-order valence-electron chi connectivity index (χ0n) is 7.09. The Bertz CT molecular complexity index is 293. The molecule has 0 saturated carbocycles. The van der Waals surface area contributed by atoms with E-state index in [4.69, 9.17) is 16.7 Å². The number of anilines is 1. The molecule has 0 saturated heterocycles. The molecular formula is C8H10BrClN2O. The fourth-order valence-corrected chi connectivity index (χ4v) is 1.57. The van der Waals surface area contributed by atoms with Crippen molar-refractivity contribution in [2.45, 2.75) is 13.0 Å². The number of aliphatic hydroxyl groups is 1. The fourth-order valence-electron chi connectivity index (χ4n) is 0.789. The van der Waals surface area contributed by atoms with Crippen molar-refractivity contribution < 1.29 is 5.11 Å². The Labute approximate surface area is 90.3 Å². The Morgan fingerprint density at radius 3 is 3.00 bits per heavy atom. The molecule has 1 aromatic rings. The first kappa shape index (κ1) is 10.8. The lowest BCUT2D eigenvalue weighted by Crippen LogP contribution is -2.16.